The van der Waals surface area contributed by atoms with Gasteiger partial charge in [-0.1, -0.05) is 36.4 Å². The minimum atomic E-state index is -1.61. The third kappa shape index (κ3) is 4.67. The molecular weight excluding hydrogens is 458 g/mol. The number of carbonyl (C=O) groups is 5. The lowest BCUT2D eigenvalue weighted by Crippen LogP contribution is -2.52. The number of hydrogen-bond acceptors (Lipinski definition) is 6. The molecule has 12 nitrogen and oxygen atoms in total. The fourth-order valence-corrected chi connectivity index (χ4v) is 3.89. The lowest BCUT2D eigenvalue weighted by molar-refractivity contribution is -0.162. The molecule has 1 aliphatic heterocycles. The van der Waals surface area contributed by atoms with E-state index in [9.17, 15) is 34.2 Å². The van der Waals surface area contributed by atoms with E-state index >= 15 is 0 Å². The number of rotatable bonds is 8. The number of hydrogen-bond donors (Lipinski definition) is 5. The topological polar surface area (TPSA) is 194 Å². The van der Waals surface area contributed by atoms with E-state index in [0.29, 0.717) is 16.1 Å². The molecular formula is C23H23N5O7. The monoisotopic (exact) mass is 481 g/mol. The number of aliphatic carboxylic acids is 1. The van der Waals surface area contributed by atoms with Crippen molar-refractivity contribution in [1.29, 1.82) is 5.41 Å². The van der Waals surface area contributed by atoms with Crippen molar-refractivity contribution in [2.45, 2.75) is 31.8 Å². The average molecular weight is 481 g/mol. The summed E-state index contributed by atoms with van der Waals surface area (Å²) in [5, 5.41) is 30.1. The first kappa shape index (κ1) is 24.9. The van der Waals surface area contributed by atoms with Crippen LogP contribution in [0.25, 0.3) is 0 Å². The van der Waals surface area contributed by atoms with Gasteiger partial charge in [0.15, 0.2) is 0 Å². The Kier molecular flexibility index (Phi) is 6.58. The Morgan fingerprint density at radius 1 is 1.11 bits per heavy atom. The summed E-state index contributed by atoms with van der Waals surface area (Å²) in [6, 6.07) is 8.93. The number of carbonyl (C=O) groups excluding carboxylic acids is 3. The van der Waals surface area contributed by atoms with Crippen LogP contribution >= 0.6 is 0 Å². The van der Waals surface area contributed by atoms with E-state index in [1.165, 1.54) is 55.5 Å². The van der Waals surface area contributed by atoms with Gasteiger partial charge in [-0.3, -0.25) is 19.8 Å². The van der Waals surface area contributed by atoms with E-state index in [0.717, 1.165) is 11.9 Å². The number of nitrogens with zero attached hydrogens (tertiary/aromatic N) is 2. The molecule has 0 radical (unpaired) electrons. The predicted molar refractivity (Wildman–Crippen MR) is 121 cm³/mol. The van der Waals surface area contributed by atoms with E-state index in [1.54, 1.807) is 0 Å². The summed E-state index contributed by atoms with van der Waals surface area (Å²) in [5.74, 6) is -4.45. The van der Waals surface area contributed by atoms with Crippen LogP contribution in [0.5, 0.6) is 0 Å². The zero-order valence-corrected chi connectivity index (χ0v) is 18.8. The second-order valence-corrected chi connectivity index (χ2v) is 8.07. The third-order valence-electron chi connectivity index (χ3n) is 5.66. The smallest absolute Gasteiger partial charge is 0.344 e. The fraction of sp³-hybridized carbons (Fsp3) is 0.217. The van der Waals surface area contributed by atoms with Crippen molar-refractivity contribution in [2.24, 2.45) is 5.73 Å². The van der Waals surface area contributed by atoms with Gasteiger partial charge in [0.1, 0.15) is 11.4 Å². The number of nitrogens with two attached hydrogens (primary N) is 1. The summed E-state index contributed by atoms with van der Waals surface area (Å²) in [5.41, 5.74) is 4.54. The maximum Gasteiger partial charge on any atom is 0.344 e. The summed E-state index contributed by atoms with van der Waals surface area (Å²) >= 11 is 0. The van der Waals surface area contributed by atoms with Crippen LogP contribution in [0.1, 0.15) is 53.4 Å². The Labute approximate surface area is 199 Å². The van der Waals surface area contributed by atoms with Gasteiger partial charge in [-0.2, -0.15) is 5.01 Å². The van der Waals surface area contributed by atoms with Crippen molar-refractivity contribution < 1.29 is 34.2 Å². The number of amides is 4. The van der Waals surface area contributed by atoms with Crippen LogP contribution in [0, 0.1) is 5.41 Å². The number of amidine groups is 1. The molecule has 1 aliphatic rings. The summed E-state index contributed by atoms with van der Waals surface area (Å²) in [6.45, 7) is 2.49. The van der Waals surface area contributed by atoms with Crippen LogP contribution in [0.4, 0.5) is 4.79 Å². The highest BCUT2D eigenvalue weighted by atomic mass is 16.4. The molecule has 1 saturated heterocycles. The molecule has 4 amide bonds. The summed E-state index contributed by atoms with van der Waals surface area (Å²) < 4.78 is 0. The van der Waals surface area contributed by atoms with Crippen molar-refractivity contribution in [3.8, 4) is 0 Å². The molecule has 0 bridgehead atoms. The van der Waals surface area contributed by atoms with Crippen molar-refractivity contribution in [1.82, 2.24) is 15.3 Å². The normalized spacial score (nSPS) is 18.1. The number of carboxylic acid groups (broad SMARTS) is 2. The minimum Gasteiger partial charge on any atom is -0.481 e. The predicted octanol–water partition coefficient (Wildman–Crippen LogP) is 1.42. The van der Waals surface area contributed by atoms with Gasteiger partial charge in [0.2, 0.25) is 5.91 Å². The Balaban J connectivity index is 2.08. The largest absolute Gasteiger partial charge is 0.481 e. The molecule has 2 atom stereocenters. The quantitative estimate of drug-likeness (QED) is 0.212. The fourth-order valence-electron chi connectivity index (χ4n) is 3.89. The molecule has 1 heterocycles. The second kappa shape index (κ2) is 9.25. The molecule has 6 N–H and O–H groups in total. The van der Waals surface area contributed by atoms with Crippen LogP contribution in [0.15, 0.2) is 48.5 Å². The maximum atomic E-state index is 13.5. The zero-order valence-electron chi connectivity index (χ0n) is 18.8. The Morgan fingerprint density at radius 3 is 2.26 bits per heavy atom. The van der Waals surface area contributed by atoms with Crippen molar-refractivity contribution in [2.75, 3.05) is 0 Å². The van der Waals surface area contributed by atoms with Crippen molar-refractivity contribution in [3.63, 3.8) is 0 Å². The molecule has 182 valence electrons. The van der Waals surface area contributed by atoms with E-state index < -0.39 is 47.8 Å². The first-order valence-electron chi connectivity index (χ1n) is 10.3. The van der Waals surface area contributed by atoms with E-state index in [4.69, 9.17) is 11.1 Å². The molecule has 0 aliphatic carbocycles. The van der Waals surface area contributed by atoms with Crippen LogP contribution in [0.3, 0.4) is 0 Å². The van der Waals surface area contributed by atoms with Crippen molar-refractivity contribution in [3.05, 3.63) is 70.8 Å². The second-order valence-electron chi connectivity index (χ2n) is 8.07. The minimum absolute atomic E-state index is 0.113. The third-order valence-corrected chi connectivity index (χ3v) is 5.66. The van der Waals surface area contributed by atoms with Gasteiger partial charge < -0.3 is 21.3 Å². The van der Waals surface area contributed by atoms with Gasteiger partial charge in [0.05, 0.1) is 18.0 Å². The Bertz CT molecular complexity index is 1240. The SMILES string of the molecule is CC(=O)N(C(CC(=O)O)c1cccc(C(=O)O)c1)N1C(=O)NC(C)(c2ccc(C(=N)N)cc2)C1=O. The molecule has 2 unspecified atom stereocenters. The van der Waals surface area contributed by atoms with Gasteiger partial charge in [0.25, 0.3) is 5.91 Å². The van der Waals surface area contributed by atoms with E-state index in [-0.39, 0.29) is 17.0 Å². The molecule has 35 heavy (non-hydrogen) atoms. The van der Waals surface area contributed by atoms with Gasteiger partial charge in [-0.25, -0.2) is 14.6 Å². The molecule has 0 spiro atoms. The van der Waals surface area contributed by atoms with Crippen LogP contribution in [-0.4, -0.2) is 55.9 Å². The van der Waals surface area contributed by atoms with Crippen molar-refractivity contribution >= 4 is 35.6 Å². The lowest BCUT2D eigenvalue weighted by Gasteiger charge is -2.35. The molecule has 12 heteroatoms. The summed E-state index contributed by atoms with van der Waals surface area (Å²) in [7, 11) is 0. The number of aromatic carboxylic acids is 1. The molecule has 0 aromatic heterocycles. The van der Waals surface area contributed by atoms with Crippen LogP contribution in [0.2, 0.25) is 0 Å². The highest BCUT2D eigenvalue weighted by Crippen LogP contribution is 2.35. The van der Waals surface area contributed by atoms with Gasteiger partial charge in [0, 0.05) is 12.5 Å². The number of carboxylic acids is 2. The highest BCUT2D eigenvalue weighted by Gasteiger charge is 2.53. The van der Waals surface area contributed by atoms with Gasteiger partial charge in [-0.05, 0) is 30.2 Å². The molecule has 2 aromatic rings. The number of urea groups is 1. The molecule has 0 saturated carbocycles. The standard InChI is InChI=1S/C23H23N5O7/c1-12(29)27(17(11-18(30)31)14-4-3-5-15(10-14)20(32)33)28-21(34)23(2,26-22(28)35)16-8-6-13(7-9-16)19(24)25/h3-10,17H,11H2,1-2H3,(H3,24,25)(H,26,35)(H,30,31)(H,32,33). The lowest BCUT2D eigenvalue weighted by atomic mass is 9.91. The first-order valence-corrected chi connectivity index (χ1v) is 10.3. The van der Waals surface area contributed by atoms with Crippen LogP contribution in [-0.2, 0) is 19.9 Å². The Hall–Kier alpha value is -4.74. The zero-order chi connectivity index (χ0) is 26.1. The summed E-state index contributed by atoms with van der Waals surface area (Å²) in [4.78, 5) is 62.3. The molecule has 2 aromatic carbocycles. The highest BCUT2D eigenvalue weighted by molar-refractivity contribution is 6.08. The molecule has 1 fully saturated rings. The number of imide groups is 1. The maximum absolute atomic E-state index is 13.5. The van der Waals surface area contributed by atoms with Gasteiger partial charge >= 0.3 is 18.0 Å². The number of benzene rings is 2. The van der Waals surface area contributed by atoms with E-state index in [1.807, 2.05) is 0 Å². The average Bonchev–Trinajstić information content (AvgIpc) is 3.02. The summed E-state index contributed by atoms with van der Waals surface area (Å²) in [6.07, 6.45) is -0.705. The number of hydrazine groups is 1. The number of nitrogens with one attached hydrogen (secondary N) is 2. The number of nitrogen functional groups attached to an aromatic ring is 1. The van der Waals surface area contributed by atoms with Crippen LogP contribution < -0.4 is 11.1 Å². The van der Waals surface area contributed by atoms with E-state index in [2.05, 4.69) is 5.32 Å². The Morgan fingerprint density at radius 2 is 1.74 bits per heavy atom. The first-order chi connectivity index (χ1) is 16.4. The van der Waals surface area contributed by atoms with Gasteiger partial charge in [-0.15, -0.1) is 0 Å². The molecule has 3 rings (SSSR count).